The molecule has 1 heterocycles. The van der Waals surface area contributed by atoms with E-state index in [0.717, 1.165) is 45.1 Å². The van der Waals surface area contributed by atoms with Crippen molar-refractivity contribution in [3.8, 4) is 0 Å². The zero-order valence-electron chi connectivity index (χ0n) is 15.4. The second-order valence-corrected chi connectivity index (χ2v) is 6.16. The Morgan fingerprint density at radius 3 is 2.36 bits per heavy atom. The normalized spacial score (nSPS) is 14.8. The van der Waals surface area contributed by atoms with E-state index in [1.54, 1.807) is 19.0 Å². The molecule has 0 saturated carbocycles. The van der Waals surface area contributed by atoms with Gasteiger partial charge in [-0.2, -0.15) is 0 Å². The number of anilines is 1. The molecule has 0 aromatic heterocycles. The van der Waals surface area contributed by atoms with Crippen molar-refractivity contribution in [3.05, 3.63) is 30.3 Å². The maximum atomic E-state index is 11.8. The topological polar surface area (TPSA) is 51.2 Å². The van der Waals surface area contributed by atoms with Gasteiger partial charge in [-0.15, -0.1) is 24.0 Å². The molecule has 1 aromatic carbocycles. The highest BCUT2D eigenvalue weighted by Crippen LogP contribution is 2.15. The van der Waals surface area contributed by atoms with Crippen molar-refractivity contribution in [2.24, 2.45) is 4.99 Å². The molecular weight excluding hydrogens is 429 g/mol. The third kappa shape index (κ3) is 6.72. The summed E-state index contributed by atoms with van der Waals surface area (Å²) in [6, 6.07) is 10.5. The average molecular weight is 459 g/mol. The second-order valence-electron chi connectivity index (χ2n) is 6.16. The first-order valence-electron chi connectivity index (χ1n) is 8.65. The van der Waals surface area contributed by atoms with Gasteiger partial charge >= 0.3 is 0 Å². The van der Waals surface area contributed by atoms with E-state index in [1.807, 2.05) is 6.07 Å². The average Bonchev–Trinajstić information content (AvgIpc) is 2.62. The predicted molar refractivity (Wildman–Crippen MR) is 115 cm³/mol. The van der Waals surface area contributed by atoms with Crippen molar-refractivity contribution in [1.82, 2.24) is 15.1 Å². The van der Waals surface area contributed by atoms with Crippen LogP contribution >= 0.6 is 24.0 Å². The number of halogens is 1. The summed E-state index contributed by atoms with van der Waals surface area (Å²) in [5.74, 6) is 0.869. The van der Waals surface area contributed by atoms with Gasteiger partial charge in [0.1, 0.15) is 6.54 Å². The number of carbonyl (C=O) groups excluding carboxylic acids is 1. The van der Waals surface area contributed by atoms with Gasteiger partial charge in [0.05, 0.1) is 0 Å². The van der Waals surface area contributed by atoms with Gasteiger partial charge in [0.15, 0.2) is 5.96 Å². The smallest absolute Gasteiger partial charge is 0.243 e. The number of piperazine rings is 1. The molecule has 0 aliphatic carbocycles. The molecule has 2 rings (SSSR count). The molecule has 1 fully saturated rings. The Hall–Kier alpha value is -1.51. The number of rotatable bonds is 5. The van der Waals surface area contributed by atoms with Gasteiger partial charge in [0.2, 0.25) is 5.91 Å². The molecule has 140 valence electrons. The summed E-state index contributed by atoms with van der Waals surface area (Å²) < 4.78 is 0. The Morgan fingerprint density at radius 2 is 1.80 bits per heavy atom. The standard InChI is InChI=1S/C18H29N5O.HI/c1-4-10-19-18(20-15-17(24)21(2)3)23-13-11-22(12-14-23)16-8-6-5-7-9-16;/h5-9H,4,10-15H2,1-3H3,(H,19,20);1H. The number of nitrogens with zero attached hydrogens (tertiary/aromatic N) is 4. The molecule has 0 bridgehead atoms. The number of hydrogen-bond donors (Lipinski definition) is 1. The molecule has 0 spiro atoms. The molecule has 1 aromatic rings. The number of amides is 1. The van der Waals surface area contributed by atoms with E-state index in [-0.39, 0.29) is 36.4 Å². The van der Waals surface area contributed by atoms with Crippen LogP contribution in [0.3, 0.4) is 0 Å². The van der Waals surface area contributed by atoms with Crippen LogP contribution in [0.2, 0.25) is 0 Å². The first kappa shape index (κ1) is 21.5. The molecule has 1 saturated heterocycles. The lowest BCUT2D eigenvalue weighted by atomic mass is 10.2. The summed E-state index contributed by atoms with van der Waals surface area (Å²) in [5.41, 5.74) is 1.26. The lowest BCUT2D eigenvalue weighted by Crippen LogP contribution is -2.53. The Kier molecular flexibility index (Phi) is 9.62. The molecule has 1 N–H and O–H groups in total. The fourth-order valence-corrected chi connectivity index (χ4v) is 2.60. The molecule has 1 aliphatic heterocycles. The minimum atomic E-state index is 0. The molecule has 25 heavy (non-hydrogen) atoms. The number of carbonyl (C=O) groups is 1. The number of guanidine groups is 1. The van der Waals surface area contributed by atoms with Crippen molar-refractivity contribution < 1.29 is 4.79 Å². The first-order valence-corrected chi connectivity index (χ1v) is 8.65. The second kappa shape index (κ2) is 11.2. The van der Waals surface area contributed by atoms with Crippen LogP contribution < -0.4 is 10.2 Å². The Morgan fingerprint density at radius 1 is 1.16 bits per heavy atom. The van der Waals surface area contributed by atoms with E-state index in [0.29, 0.717) is 0 Å². The maximum Gasteiger partial charge on any atom is 0.243 e. The monoisotopic (exact) mass is 459 g/mol. The zero-order chi connectivity index (χ0) is 17.4. The zero-order valence-corrected chi connectivity index (χ0v) is 17.8. The summed E-state index contributed by atoms with van der Waals surface area (Å²) in [4.78, 5) is 22.5. The summed E-state index contributed by atoms with van der Waals surface area (Å²) in [6.45, 7) is 6.91. The van der Waals surface area contributed by atoms with Gasteiger partial charge in [-0.05, 0) is 18.6 Å². The van der Waals surface area contributed by atoms with Gasteiger partial charge in [-0.1, -0.05) is 25.1 Å². The summed E-state index contributed by atoms with van der Waals surface area (Å²) in [6.07, 6.45) is 1.03. The van der Waals surface area contributed by atoms with Gasteiger partial charge in [0, 0.05) is 52.5 Å². The van der Waals surface area contributed by atoms with E-state index in [9.17, 15) is 4.79 Å². The van der Waals surface area contributed by atoms with Crippen molar-refractivity contribution in [3.63, 3.8) is 0 Å². The van der Waals surface area contributed by atoms with Crippen LogP contribution in [-0.2, 0) is 4.79 Å². The number of likely N-dealkylation sites (N-methyl/N-ethyl adjacent to an activating group) is 1. The minimum Gasteiger partial charge on any atom is -0.368 e. The van der Waals surface area contributed by atoms with E-state index in [1.165, 1.54) is 5.69 Å². The highest BCUT2D eigenvalue weighted by Gasteiger charge is 2.20. The molecule has 7 heteroatoms. The van der Waals surface area contributed by atoms with Crippen molar-refractivity contribution in [1.29, 1.82) is 0 Å². The number of nitrogens with one attached hydrogen (secondary N) is 1. The number of aliphatic imine (C=N–C) groups is 1. The predicted octanol–water partition coefficient (Wildman–Crippen LogP) is 1.87. The first-order chi connectivity index (χ1) is 11.6. The Balaban J connectivity index is 0.00000312. The lowest BCUT2D eigenvalue weighted by molar-refractivity contribution is -0.127. The van der Waals surface area contributed by atoms with Crippen molar-refractivity contribution >= 4 is 41.5 Å². The minimum absolute atomic E-state index is 0. The fourth-order valence-electron chi connectivity index (χ4n) is 2.60. The third-order valence-corrected chi connectivity index (χ3v) is 4.10. The molecule has 0 unspecified atom stereocenters. The van der Waals surface area contributed by atoms with Crippen LogP contribution in [0.1, 0.15) is 13.3 Å². The molecule has 1 amide bonds. The molecule has 0 atom stereocenters. The molecule has 6 nitrogen and oxygen atoms in total. The van der Waals surface area contributed by atoms with Crippen LogP contribution in [0.25, 0.3) is 0 Å². The van der Waals surface area contributed by atoms with E-state index in [2.05, 4.69) is 51.3 Å². The third-order valence-electron chi connectivity index (χ3n) is 4.10. The highest BCUT2D eigenvalue weighted by atomic mass is 127. The van der Waals surface area contributed by atoms with Gasteiger partial charge < -0.3 is 20.0 Å². The quantitative estimate of drug-likeness (QED) is 0.415. The van der Waals surface area contributed by atoms with Crippen LogP contribution in [0.15, 0.2) is 35.3 Å². The van der Waals surface area contributed by atoms with Crippen LogP contribution in [0.5, 0.6) is 0 Å². The summed E-state index contributed by atoms with van der Waals surface area (Å²) >= 11 is 0. The number of para-hydroxylation sites is 1. The SMILES string of the molecule is CCCNC(=NCC(=O)N(C)C)N1CCN(c2ccccc2)CC1.I. The van der Waals surface area contributed by atoms with Crippen molar-refractivity contribution in [2.75, 3.05) is 58.3 Å². The summed E-state index contributed by atoms with van der Waals surface area (Å²) in [5, 5.41) is 3.37. The lowest BCUT2D eigenvalue weighted by Gasteiger charge is -2.37. The van der Waals surface area contributed by atoms with Crippen LogP contribution in [0.4, 0.5) is 5.69 Å². The molecular formula is C18H30IN5O. The largest absolute Gasteiger partial charge is 0.368 e. The maximum absolute atomic E-state index is 11.8. The molecule has 1 aliphatic rings. The Bertz CT molecular complexity index is 542. The molecule has 0 radical (unpaired) electrons. The van der Waals surface area contributed by atoms with Crippen LogP contribution in [0, 0.1) is 0 Å². The highest BCUT2D eigenvalue weighted by molar-refractivity contribution is 14.0. The van der Waals surface area contributed by atoms with Gasteiger partial charge in [-0.25, -0.2) is 4.99 Å². The number of benzene rings is 1. The van der Waals surface area contributed by atoms with E-state index >= 15 is 0 Å². The van der Waals surface area contributed by atoms with Gasteiger partial charge in [-0.3, -0.25) is 4.79 Å². The van der Waals surface area contributed by atoms with Gasteiger partial charge in [0.25, 0.3) is 0 Å². The van der Waals surface area contributed by atoms with Crippen molar-refractivity contribution in [2.45, 2.75) is 13.3 Å². The number of hydrogen-bond acceptors (Lipinski definition) is 3. The fraction of sp³-hybridized carbons (Fsp3) is 0.556. The van der Waals surface area contributed by atoms with E-state index in [4.69, 9.17) is 0 Å². The van der Waals surface area contributed by atoms with Crippen LogP contribution in [-0.4, -0.2) is 75.0 Å². The summed E-state index contributed by atoms with van der Waals surface area (Å²) in [7, 11) is 3.52. The Labute approximate surface area is 168 Å². The van der Waals surface area contributed by atoms with E-state index < -0.39 is 0 Å².